The number of rotatable bonds is 3. The number of pyridine rings is 1. The summed E-state index contributed by atoms with van der Waals surface area (Å²) in [5.41, 5.74) is 3.38. The predicted octanol–water partition coefficient (Wildman–Crippen LogP) is 3.95. The molecule has 2 aromatic rings. The predicted molar refractivity (Wildman–Crippen MR) is 114 cm³/mol. The number of hydrogen-bond acceptors (Lipinski definition) is 3. The van der Waals surface area contributed by atoms with E-state index in [-0.39, 0.29) is 17.2 Å². The molecule has 0 saturated carbocycles. The van der Waals surface area contributed by atoms with Gasteiger partial charge in [0.25, 0.3) is 0 Å². The summed E-state index contributed by atoms with van der Waals surface area (Å²) in [6, 6.07) is 12.6. The van der Waals surface area contributed by atoms with Gasteiger partial charge in [0.1, 0.15) is 5.82 Å². The monoisotopic (exact) mass is 389 g/mol. The summed E-state index contributed by atoms with van der Waals surface area (Å²) in [6.07, 6.45) is 9.40. The normalized spacial score (nSPS) is 22.1. The number of nitrogens with zero attached hydrogens (tertiary/aromatic N) is 2. The van der Waals surface area contributed by atoms with Crippen molar-refractivity contribution in [2.45, 2.75) is 44.4 Å². The summed E-state index contributed by atoms with van der Waals surface area (Å²) >= 11 is 0. The second-order valence-electron chi connectivity index (χ2n) is 8.26. The fraction of sp³-hybridized carbons (Fsp3) is 0.375. The van der Waals surface area contributed by atoms with E-state index in [0.29, 0.717) is 18.7 Å². The van der Waals surface area contributed by atoms with E-state index in [0.717, 1.165) is 43.5 Å². The highest BCUT2D eigenvalue weighted by molar-refractivity contribution is 5.93. The molecule has 1 atom stereocenters. The zero-order valence-electron chi connectivity index (χ0n) is 16.9. The number of carbonyl (C=O) groups excluding carboxylic acids is 2. The summed E-state index contributed by atoms with van der Waals surface area (Å²) in [5.74, 6) is 0.693. The number of anilines is 1. The number of hydrogen-bond donors (Lipinski definition) is 1. The number of benzene rings is 1. The maximum absolute atomic E-state index is 12.8. The lowest BCUT2D eigenvalue weighted by atomic mass is 9.76. The average molecular weight is 389 g/mol. The number of fused-ring (bicyclic) bond motifs is 1. The summed E-state index contributed by atoms with van der Waals surface area (Å²) in [4.78, 5) is 30.5. The van der Waals surface area contributed by atoms with Crippen LogP contribution in [0.5, 0.6) is 0 Å². The van der Waals surface area contributed by atoms with Gasteiger partial charge in [-0.25, -0.2) is 4.98 Å². The number of nitrogens with one attached hydrogen (secondary N) is 1. The first-order chi connectivity index (χ1) is 14.0. The smallest absolute Gasteiger partial charge is 0.246 e. The maximum atomic E-state index is 12.8. The van der Waals surface area contributed by atoms with E-state index in [1.807, 2.05) is 23.1 Å². The van der Waals surface area contributed by atoms with Crippen molar-refractivity contribution in [3.8, 4) is 0 Å². The van der Waals surface area contributed by atoms with E-state index in [1.54, 1.807) is 12.3 Å². The molecule has 3 heterocycles. The molecule has 2 aliphatic heterocycles. The lowest BCUT2D eigenvalue weighted by molar-refractivity contribution is -0.126. The van der Waals surface area contributed by atoms with Crippen molar-refractivity contribution in [3.05, 3.63) is 65.4 Å². The molecule has 2 amide bonds. The Hall–Kier alpha value is -2.95. The van der Waals surface area contributed by atoms with Crippen LogP contribution in [0.25, 0.3) is 6.08 Å². The van der Waals surface area contributed by atoms with Crippen molar-refractivity contribution < 1.29 is 9.59 Å². The second kappa shape index (κ2) is 8.19. The van der Waals surface area contributed by atoms with Crippen molar-refractivity contribution in [1.82, 2.24) is 9.88 Å². The van der Waals surface area contributed by atoms with Gasteiger partial charge in [-0.05, 0) is 59.9 Å². The van der Waals surface area contributed by atoms with Crippen LogP contribution in [0, 0.1) is 0 Å². The topological polar surface area (TPSA) is 62.3 Å². The van der Waals surface area contributed by atoms with Gasteiger partial charge < -0.3 is 10.2 Å². The van der Waals surface area contributed by atoms with Gasteiger partial charge in [0.2, 0.25) is 11.8 Å². The standard InChI is InChI=1S/C24H27N3O2/c1-24(20-6-3-2-4-7-20)12-5-14-27(15-13-24)22(29)11-8-18-16-19-9-10-21(28)26-23(19)25-17-18/h2-4,6-8,11,16-17H,5,9-10,12-15H2,1H3,(H,25,26,28). The van der Waals surface area contributed by atoms with Crippen molar-refractivity contribution in [1.29, 1.82) is 0 Å². The molecular weight excluding hydrogens is 362 g/mol. The summed E-state index contributed by atoms with van der Waals surface area (Å²) < 4.78 is 0. The Bertz CT molecular complexity index is 938. The van der Waals surface area contributed by atoms with Crippen LogP contribution >= 0.6 is 0 Å². The largest absolute Gasteiger partial charge is 0.339 e. The van der Waals surface area contributed by atoms with Crippen LogP contribution in [0.15, 0.2) is 48.7 Å². The lowest BCUT2D eigenvalue weighted by Crippen LogP contribution is -2.31. The molecule has 150 valence electrons. The Morgan fingerprint density at radius 1 is 1.17 bits per heavy atom. The van der Waals surface area contributed by atoms with Crippen molar-refractivity contribution in [2.75, 3.05) is 18.4 Å². The first kappa shape index (κ1) is 19.4. The molecule has 1 unspecified atom stereocenters. The van der Waals surface area contributed by atoms with E-state index in [4.69, 9.17) is 0 Å². The van der Waals surface area contributed by atoms with Crippen LogP contribution in [-0.4, -0.2) is 34.8 Å². The molecule has 5 heteroatoms. The molecular formula is C24H27N3O2. The number of carbonyl (C=O) groups is 2. The molecule has 29 heavy (non-hydrogen) atoms. The van der Waals surface area contributed by atoms with E-state index in [1.165, 1.54) is 5.56 Å². The van der Waals surface area contributed by atoms with Gasteiger partial charge in [0.05, 0.1) is 0 Å². The van der Waals surface area contributed by atoms with Crippen LogP contribution in [0.2, 0.25) is 0 Å². The summed E-state index contributed by atoms with van der Waals surface area (Å²) in [6.45, 7) is 3.87. The van der Waals surface area contributed by atoms with Gasteiger partial charge in [0, 0.05) is 31.8 Å². The summed E-state index contributed by atoms with van der Waals surface area (Å²) in [7, 11) is 0. The van der Waals surface area contributed by atoms with E-state index in [9.17, 15) is 9.59 Å². The molecule has 0 aliphatic carbocycles. The number of aryl methyl sites for hydroxylation is 1. The SMILES string of the molecule is CC1(c2ccccc2)CCCN(C(=O)C=Cc2cnc3c(c2)CCC(=O)N3)CC1. The van der Waals surface area contributed by atoms with Gasteiger partial charge in [-0.2, -0.15) is 0 Å². The van der Waals surface area contributed by atoms with Crippen LogP contribution in [-0.2, 0) is 21.4 Å². The molecule has 0 bridgehead atoms. The number of aromatic nitrogens is 1. The molecule has 0 radical (unpaired) electrons. The molecule has 2 aliphatic rings. The van der Waals surface area contributed by atoms with Crippen molar-refractivity contribution >= 4 is 23.7 Å². The Labute approximate surface area is 171 Å². The minimum absolute atomic E-state index is 0.00661. The first-order valence-corrected chi connectivity index (χ1v) is 10.3. The van der Waals surface area contributed by atoms with Gasteiger partial charge in [-0.3, -0.25) is 9.59 Å². The van der Waals surface area contributed by atoms with Crippen LogP contribution in [0.1, 0.15) is 49.3 Å². The van der Waals surface area contributed by atoms with Gasteiger partial charge in [-0.1, -0.05) is 37.3 Å². The fourth-order valence-electron chi connectivity index (χ4n) is 4.27. The highest BCUT2D eigenvalue weighted by Crippen LogP contribution is 2.35. The van der Waals surface area contributed by atoms with E-state index >= 15 is 0 Å². The third kappa shape index (κ3) is 4.39. The quantitative estimate of drug-likeness (QED) is 0.809. The van der Waals surface area contributed by atoms with Gasteiger partial charge in [-0.15, -0.1) is 0 Å². The Morgan fingerprint density at radius 2 is 2.00 bits per heavy atom. The molecule has 1 aromatic carbocycles. The number of likely N-dealkylation sites (tertiary alicyclic amines) is 1. The highest BCUT2D eigenvalue weighted by Gasteiger charge is 2.30. The van der Waals surface area contributed by atoms with Crippen LogP contribution < -0.4 is 5.32 Å². The Morgan fingerprint density at radius 3 is 2.83 bits per heavy atom. The zero-order chi connectivity index (χ0) is 20.3. The fourth-order valence-corrected chi connectivity index (χ4v) is 4.27. The Kier molecular flexibility index (Phi) is 5.47. The molecule has 1 saturated heterocycles. The van der Waals surface area contributed by atoms with Gasteiger partial charge >= 0.3 is 0 Å². The zero-order valence-corrected chi connectivity index (χ0v) is 16.9. The molecule has 4 rings (SSSR count). The minimum atomic E-state index is 0.00661. The van der Waals surface area contributed by atoms with E-state index < -0.39 is 0 Å². The van der Waals surface area contributed by atoms with Crippen LogP contribution in [0.4, 0.5) is 5.82 Å². The summed E-state index contributed by atoms with van der Waals surface area (Å²) in [5, 5.41) is 2.78. The van der Waals surface area contributed by atoms with Crippen molar-refractivity contribution in [2.24, 2.45) is 0 Å². The van der Waals surface area contributed by atoms with Gasteiger partial charge in [0.15, 0.2) is 0 Å². The third-order valence-corrected chi connectivity index (χ3v) is 6.16. The lowest BCUT2D eigenvalue weighted by Gasteiger charge is -2.29. The molecule has 1 fully saturated rings. The minimum Gasteiger partial charge on any atom is -0.339 e. The Balaban J connectivity index is 1.41. The highest BCUT2D eigenvalue weighted by atomic mass is 16.2. The van der Waals surface area contributed by atoms with Crippen LogP contribution in [0.3, 0.4) is 0 Å². The first-order valence-electron chi connectivity index (χ1n) is 10.3. The molecule has 0 spiro atoms. The second-order valence-corrected chi connectivity index (χ2v) is 8.26. The average Bonchev–Trinajstić information content (AvgIpc) is 2.95. The molecule has 5 nitrogen and oxygen atoms in total. The number of amides is 2. The van der Waals surface area contributed by atoms with Crippen molar-refractivity contribution in [3.63, 3.8) is 0 Å². The molecule has 1 aromatic heterocycles. The third-order valence-electron chi connectivity index (χ3n) is 6.16. The maximum Gasteiger partial charge on any atom is 0.246 e. The van der Waals surface area contributed by atoms with E-state index in [2.05, 4.69) is 41.5 Å². The molecule has 1 N–H and O–H groups in total.